The Hall–Kier alpha value is -4.00. The van der Waals surface area contributed by atoms with E-state index in [4.69, 9.17) is 9.47 Å². The van der Waals surface area contributed by atoms with Gasteiger partial charge in [-0.15, -0.1) is 0 Å². The predicted molar refractivity (Wildman–Crippen MR) is 130 cm³/mol. The number of carbonyl (C=O) groups is 2. The first-order chi connectivity index (χ1) is 16.0. The zero-order valence-electron chi connectivity index (χ0n) is 18.8. The molecule has 3 rings (SSSR count). The molecule has 33 heavy (non-hydrogen) atoms. The highest BCUT2D eigenvalue weighted by molar-refractivity contribution is 5.96. The second-order valence-corrected chi connectivity index (χ2v) is 7.65. The molecular weight excluding hydrogens is 418 g/mol. The number of hydrogen-bond acceptors (Lipinski definition) is 5. The fourth-order valence-electron chi connectivity index (χ4n) is 3.00. The summed E-state index contributed by atoms with van der Waals surface area (Å²) in [6.45, 7) is 4.67. The number of ether oxygens (including phenoxy) is 2. The SMILES string of the molecule is CC(C)NC(=O)c1cccc(NCC(=O)Nc2cccc(OCCOc3ccccc3)c2)c1. The molecule has 0 spiro atoms. The van der Waals surface area contributed by atoms with Gasteiger partial charge < -0.3 is 25.4 Å². The van der Waals surface area contributed by atoms with Crippen molar-refractivity contribution in [3.63, 3.8) is 0 Å². The lowest BCUT2D eigenvalue weighted by atomic mass is 10.1. The number of rotatable bonds is 11. The van der Waals surface area contributed by atoms with Gasteiger partial charge in [-0.25, -0.2) is 0 Å². The van der Waals surface area contributed by atoms with Crippen molar-refractivity contribution in [1.82, 2.24) is 5.32 Å². The largest absolute Gasteiger partial charge is 0.490 e. The summed E-state index contributed by atoms with van der Waals surface area (Å²) >= 11 is 0. The first-order valence-electron chi connectivity index (χ1n) is 10.8. The maximum absolute atomic E-state index is 12.4. The predicted octanol–water partition coefficient (Wildman–Crippen LogP) is 4.33. The van der Waals surface area contributed by atoms with Gasteiger partial charge in [0.2, 0.25) is 5.91 Å². The minimum absolute atomic E-state index is 0.0519. The Morgan fingerprint density at radius 1 is 0.788 bits per heavy atom. The average Bonchev–Trinajstić information content (AvgIpc) is 2.81. The lowest BCUT2D eigenvalue weighted by molar-refractivity contribution is -0.114. The van der Waals surface area contributed by atoms with E-state index >= 15 is 0 Å². The molecule has 0 aliphatic rings. The van der Waals surface area contributed by atoms with Gasteiger partial charge in [-0.3, -0.25) is 9.59 Å². The van der Waals surface area contributed by atoms with Gasteiger partial charge in [0.1, 0.15) is 24.7 Å². The maximum Gasteiger partial charge on any atom is 0.251 e. The molecule has 0 saturated heterocycles. The number of para-hydroxylation sites is 1. The molecule has 0 saturated carbocycles. The molecule has 3 N–H and O–H groups in total. The molecule has 2 amide bonds. The van der Waals surface area contributed by atoms with Gasteiger partial charge in [0, 0.05) is 29.0 Å². The second-order valence-electron chi connectivity index (χ2n) is 7.65. The van der Waals surface area contributed by atoms with Crippen LogP contribution in [0.2, 0.25) is 0 Å². The quantitative estimate of drug-likeness (QED) is 0.381. The lowest BCUT2D eigenvalue weighted by Crippen LogP contribution is -2.30. The van der Waals surface area contributed by atoms with Crippen molar-refractivity contribution in [2.24, 2.45) is 0 Å². The highest BCUT2D eigenvalue weighted by atomic mass is 16.5. The van der Waals surface area contributed by atoms with E-state index in [1.807, 2.05) is 62.4 Å². The third-order valence-electron chi connectivity index (χ3n) is 4.48. The number of anilines is 2. The van der Waals surface area contributed by atoms with Crippen LogP contribution in [0.3, 0.4) is 0 Å². The minimum Gasteiger partial charge on any atom is -0.490 e. The Labute approximate surface area is 194 Å². The highest BCUT2D eigenvalue weighted by Crippen LogP contribution is 2.18. The normalized spacial score (nSPS) is 10.4. The van der Waals surface area contributed by atoms with E-state index in [0.29, 0.717) is 35.9 Å². The van der Waals surface area contributed by atoms with Gasteiger partial charge in [0.15, 0.2) is 0 Å². The van der Waals surface area contributed by atoms with Crippen LogP contribution in [-0.4, -0.2) is 37.6 Å². The summed E-state index contributed by atoms with van der Waals surface area (Å²) in [6.07, 6.45) is 0. The van der Waals surface area contributed by atoms with Crippen LogP contribution in [0.25, 0.3) is 0 Å². The van der Waals surface area contributed by atoms with Gasteiger partial charge in [-0.05, 0) is 56.3 Å². The van der Waals surface area contributed by atoms with Gasteiger partial charge in [0.05, 0.1) is 6.54 Å². The Balaban J connectivity index is 1.44. The molecule has 0 heterocycles. The third-order valence-corrected chi connectivity index (χ3v) is 4.48. The van der Waals surface area contributed by atoms with E-state index in [0.717, 1.165) is 5.75 Å². The Morgan fingerprint density at radius 3 is 2.21 bits per heavy atom. The van der Waals surface area contributed by atoms with Crippen LogP contribution < -0.4 is 25.4 Å². The molecule has 0 fully saturated rings. The molecular formula is C26H29N3O4. The van der Waals surface area contributed by atoms with Gasteiger partial charge in [-0.2, -0.15) is 0 Å². The zero-order valence-corrected chi connectivity index (χ0v) is 18.8. The van der Waals surface area contributed by atoms with Crippen LogP contribution in [0, 0.1) is 0 Å². The van der Waals surface area contributed by atoms with Crippen LogP contribution in [0.4, 0.5) is 11.4 Å². The second kappa shape index (κ2) is 12.1. The first-order valence-corrected chi connectivity index (χ1v) is 10.8. The number of nitrogens with one attached hydrogen (secondary N) is 3. The van der Waals surface area contributed by atoms with Crippen molar-refractivity contribution in [2.75, 3.05) is 30.4 Å². The Kier molecular flexibility index (Phi) is 8.71. The van der Waals surface area contributed by atoms with Crippen LogP contribution >= 0.6 is 0 Å². The summed E-state index contributed by atoms with van der Waals surface area (Å²) < 4.78 is 11.3. The third kappa shape index (κ3) is 8.22. The lowest BCUT2D eigenvalue weighted by Gasteiger charge is -2.12. The van der Waals surface area contributed by atoms with Crippen LogP contribution in [0.1, 0.15) is 24.2 Å². The molecule has 0 aromatic heterocycles. The fraction of sp³-hybridized carbons (Fsp3) is 0.231. The molecule has 0 atom stereocenters. The van der Waals surface area contributed by atoms with Crippen molar-refractivity contribution in [3.8, 4) is 11.5 Å². The van der Waals surface area contributed by atoms with Gasteiger partial charge in [0.25, 0.3) is 5.91 Å². The van der Waals surface area contributed by atoms with E-state index < -0.39 is 0 Å². The van der Waals surface area contributed by atoms with E-state index in [1.165, 1.54) is 0 Å². The Bertz CT molecular complexity index is 1050. The summed E-state index contributed by atoms with van der Waals surface area (Å²) in [5, 5.41) is 8.74. The number of amides is 2. The first kappa shape index (κ1) is 23.7. The smallest absolute Gasteiger partial charge is 0.251 e. The number of hydrogen-bond donors (Lipinski definition) is 3. The van der Waals surface area contributed by atoms with Crippen LogP contribution in [0.15, 0.2) is 78.9 Å². The average molecular weight is 448 g/mol. The highest BCUT2D eigenvalue weighted by Gasteiger charge is 2.08. The van der Waals surface area contributed by atoms with Crippen molar-refractivity contribution < 1.29 is 19.1 Å². The topological polar surface area (TPSA) is 88.7 Å². The molecule has 0 aliphatic carbocycles. The summed E-state index contributed by atoms with van der Waals surface area (Å²) in [6, 6.07) is 23.8. The van der Waals surface area contributed by atoms with E-state index in [2.05, 4.69) is 16.0 Å². The molecule has 3 aromatic carbocycles. The molecule has 172 valence electrons. The molecule has 0 bridgehead atoms. The molecule has 3 aromatic rings. The van der Waals surface area contributed by atoms with Crippen molar-refractivity contribution in [2.45, 2.75) is 19.9 Å². The van der Waals surface area contributed by atoms with Crippen molar-refractivity contribution in [1.29, 1.82) is 0 Å². The molecule has 0 unspecified atom stereocenters. The monoisotopic (exact) mass is 447 g/mol. The fourth-order valence-corrected chi connectivity index (χ4v) is 3.00. The van der Waals surface area contributed by atoms with E-state index in [1.54, 1.807) is 30.3 Å². The molecule has 0 radical (unpaired) electrons. The van der Waals surface area contributed by atoms with Crippen molar-refractivity contribution >= 4 is 23.2 Å². The van der Waals surface area contributed by atoms with Crippen LogP contribution in [0.5, 0.6) is 11.5 Å². The van der Waals surface area contributed by atoms with Crippen molar-refractivity contribution in [3.05, 3.63) is 84.4 Å². The van der Waals surface area contributed by atoms with Gasteiger partial charge in [-0.1, -0.05) is 30.3 Å². The maximum atomic E-state index is 12.4. The van der Waals surface area contributed by atoms with E-state index in [-0.39, 0.29) is 24.4 Å². The number of carbonyl (C=O) groups excluding carboxylic acids is 2. The molecule has 7 heteroatoms. The summed E-state index contributed by atoms with van der Waals surface area (Å²) in [4.78, 5) is 24.5. The van der Waals surface area contributed by atoms with E-state index in [9.17, 15) is 9.59 Å². The zero-order chi connectivity index (χ0) is 23.5. The Morgan fingerprint density at radius 2 is 1.45 bits per heavy atom. The summed E-state index contributed by atoms with van der Waals surface area (Å²) in [7, 11) is 0. The number of benzene rings is 3. The standard InChI is InChI=1S/C26H29N3O4/c1-19(2)28-26(31)20-8-6-9-21(16-20)27-18-25(30)29-22-10-7-13-24(17-22)33-15-14-32-23-11-4-3-5-12-23/h3-13,16-17,19,27H,14-15,18H2,1-2H3,(H,28,31)(H,29,30). The van der Waals surface area contributed by atoms with Gasteiger partial charge >= 0.3 is 0 Å². The molecule has 7 nitrogen and oxygen atoms in total. The van der Waals surface area contributed by atoms with Crippen LogP contribution in [-0.2, 0) is 4.79 Å². The molecule has 0 aliphatic heterocycles. The minimum atomic E-state index is -0.211. The summed E-state index contributed by atoms with van der Waals surface area (Å²) in [5.41, 5.74) is 1.86. The summed E-state index contributed by atoms with van der Waals surface area (Å²) in [5.74, 6) is 1.07.